The number of ether oxygens (including phenoxy) is 2. The first-order valence-electron chi connectivity index (χ1n) is 13.6. The molecule has 1 aliphatic carbocycles. The van der Waals surface area contributed by atoms with Crippen molar-refractivity contribution < 1.29 is 14.3 Å². The van der Waals surface area contributed by atoms with Gasteiger partial charge in [-0.1, -0.05) is 75.4 Å². The number of allylic oxidation sites excluding steroid dienone is 6. The summed E-state index contributed by atoms with van der Waals surface area (Å²) in [6.45, 7) is 8.69. The molecule has 3 nitrogen and oxygen atoms in total. The maximum absolute atomic E-state index is 13.6. The number of fused-ring (bicyclic) bond motifs is 3. The van der Waals surface area contributed by atoms with E-state index in [0.29, 0.717) is 11.7 Å². The van der Waals surface area contributed by atoms with E-state index in [-0.39, 0.29) is 11.7 Å². The highest BCUT2D eigenvalue weighted by molar-refractivity contribution is 6.19. The van der Waals surface area contributed by atoms with Crippen molar-refractivity contribution in [3.63, 3.8) is 0 Å². The van der Waals surface area contributed by atoms with Gasteiger partial charge in [0.05, 0.1) is 0 Å². The summed E-state index contributed by atoms with van der Waals surface area (Å²) in [7, 11) is 0. The van der Waals surface area contributed by atoms with Crippen molar-refractivity contribution in [2.75, 3.05) is 0 Å². The van der Waals surface area contributed by atoms with E-state index >= 15 is 0 Å². The summed E-state index contributed by atoms with van der Waals surface area (Å²) >= 11 is 0. The van der Waals surface area contributed by atoms with Gasteiger partial charge in [-0.25, -0.2) is 0 Å². The van der Waals surface area contributed by atoms with Gasteiger partial charge in [-0.05, 0) is 72.2 Å². The Morgan fingerprint density at radius 1 is 0.842 bits per heavy atom. The molecule has 190 valence electrons. The zero-order valence-corrected chi connectivity index (χ0v) is 22.4. The third kappa shape index (κ3) is 4.03. The zero-order valence-electron chi connectivity index (χ0n) is 22.4. The van der Waals surface area contributed by atoms with E-state index in [0.717, 1.165) is 69.1 Å². The van der Waals surface area contributed by atoms with Crippen LogP contribution in [-0.4, -0.2) is 5.78 Å². The second-order valence-corrected chi connectivity index (χ2v) is 10.4. The second kappa shape index (κ2) is 9.64. The van der Waals surface area contributed by atoms with E-state index in [1.54, 1.807) is 0 Å². The minimum Gasteiger partial charge on any atom is -0.457 e. The van der Waals surface area contributed by atoms with Crippen LogP contribution in [0.3, 0.4) is 0 Å². The number of benzene rings is 3. The molecule has 0 aromatic heterocycles. The molecule has 0 N–H and O–H groups in total. The molecule has 2 heterocycles. The first-order chi connectivity index (χ1) is 18.5. The molecule has 3 aromatic rings. The summed E-state index contributed by atoms with van der Waals surface area (Å²) in [6, 6.07) is 22.4. The SMILES string of the molecule is CCC(CC)c1ccc2c(c1)OC(=CC1=CC(=C3C(=O)c4ccccc4C3C)c3ccccc3O1)C=C2C. The molecule has 0 saturated carbocycles. The Morgan fingerprint density at radius 2 is 1.58 bits per heavy atom. The van der Waals surface area contributed by atoms with Crippen molar-refractivity contribution in [3.8, 4) is 11.5 Å². The average molecular weight is 501 g/mol. The van der Waals surface area contributed by atoms with Gasteiger partial charge < -0.3 is 9.47 Å². The van der Waals surface area contributed by atoms with Gasteiger partial charge in [-0.3, -0.25) is 4.79 Å². The molecule has 0 amide bonds. The van der Waals surface area contributed by atoms with Crippen LogP contribution in [-0.2, 0) is 0 Å². The maximum atomic E-state index is 13.6. The molecule has 0 radical (unpaired) electrons. The molecule has 3 heteroatoms. The quantitative estimate of drug-likeness (QED) is 0.335. The lowest BCUT2D eigenvalue weighted by Crippen LogP contribution is -2.10. The van der Waals surface area contributed by atoms with Gasteiger partial charge in [0.25, 0.3) is 0 Å². The predicted octanol–water partition coefficient (Wildman–Crippen LogP) is 9.00. The fourth-order valence-electron chi connectivity index (χ4n) is 6.00. The molecule has 0 bridgehead atoms. The van der Waals surface area contributed by atoms with E-state index in [2.05, 4.69) is 58.0 Å². The number of Topliss-reactive ketones (excluding diaryl/α,β-unsaturated/α-hetero) is 1. The highest BCUT2D eigenvalue weighted by Gasteiger charge is 2.35. The van der Waals surface area contributed by atoms with Gasteiger partial charge in [-0.15, -0.1) is 0 Å². The lowest BCUT2D eigenvalue weighted by atomic mass is 9.89. The number of carbonyl (C=O) groups is 1. The highest BCUT2D eigenvalue weighted by atomic mass is 16.5. The molecule has 3 aliphatic rings. The van der Waals surface area contributed by atoms with Crippen LogP contribution in [0.1, 0.15) is 85.0 Å². The third-order valence-electron chi connectivity index (χ3n) is 8.09. The van der Waals surface area contributed by atoms with E-state index in [1.807, 2.05) is 54.6 Å². The molecule has 0 spiro atoms. The molecule has 3 aromatic carbocycles. The first kappa shape index (κ1) is 24.2. The van der Waals surface area contributed by atoms with Crippen LogP contribution in [0.15, 0.2) is 102 Å². The van der Waals surface area contributed by atoms with Crippen molar-refractivity contribution in [1.29, 1.82) is 0 Å². The Balaban J connectivity index is 1.42. The highest BCUT2D eigenvalue weighted by Crippen LogP contribution is 2.45. The number of rotatable bonds is 4. The monoisotopic (exact) mass is 500 g/mol. The van der Waals surface area contributed by atoms with Crippen molar-refractivity contribution in [3.05, 3.63) is 130 Å². The zero-order chi connectivity index (χ0) is 26.4. The molecule has 1 unspecified atom stereocenters. The summed E-state index contributed by atoms with van der Waals surface area (Å²) in [6.07, 6.45) is 8.18. The molecule has 38 heavy (non-hydrogen) atoms. The Kier molecular flexibility index (Phi) is 6.15. The van der Waals surface area contributed by atoms with E-state index in [1.165, 1.54) is 5.56 Å². The Hall–Kier alpha value is -4.11. The number of ketones is 1. The Bertz CT molecular complexity index is 1580. The normalized spacial score (nSPS) is 20.8. The van der Waals surface area contributed by atoms with Crippen molar-refractivity contribution in [2.45, 2.75) is 52.4 Å². The van der Waals surface area contributed by atoms with E-state index in [9.17, 15) is 4.79 Å². The summed E-state index contributed by atoms with van der Waals surface area (Å²) in [5.41, 5.74) is 8.12. The lowest BCUT2D eigenvalue weighted by molar-refractivity contribution is 0.103. The minimum atomic E-state index is 0.00783. The van der Waals surface area contributed by atoms with E-state index in [4.69, 9.17) is 9.47 Å². The standard InChI is InChI=1S/C35H32O3/c1-5-23(6-2)24-15-16-27-21(3)17-25(38-33(27)18-24)19-26-20-31(29-12-9-10-14-32(29)37-26)34-22(4)28-11-7-8-13-30(28)35(34)36/h7-20,22-23H,5-6H2,1-4H3. The number of para-hydroxylation sites is 1. The second-order valence-electron chi connectivity index (χ2n) is 10.4. The summed E-state index contributed by atoms with van der Waals surface area (Å²) in [5, 5.41) is 0. The van der Waals surface area contributed by atoms with Gasteiger partial charge in [0.15, 0.2) is 5.78 Å². The van der Waals surface area contributed by atoms with Gasteiger partial charge in [0, 0.05) is 34.3 Å². The molecule has 0 saturated heterocycles. The molecule has 6 rings (SSSR count). The molecule has 1 atom stereocenters. The third-order valence-corrected chi connectivity index (χ3v) is 8.09. The van der Waals surface area contributed by atoms with Gasteiger partial charge in [-0.2, -0.15) is 0 Å². The Labute approximate surface area is 224 Å². The lowest BCUT2D eigenvalue weighted by Gasteiger charge is -2.23. The number of hydrogen-bond donors (Lipinski definition) is 0. The summed E-state index contributed by atoms with van der Waals surface area (Å²) in [5.74, 6) is 3.62. The maximum Gasteiger partial charge on any atom is 0.190 e. The summed E-state index contributed by atoms with van der Waals surface area (Å²) < 4.78 is 12.7. The Morgan fingerprint density at radius 3 is 2.34 bits per heavy atom. The number of carbonyl (C=O) groups excluding carboxylic acids is 1. The summed E-state index contributed by atoms with van der Waals surface area (Å²) in [4.78, 5) is 13.6. The fraction of sp³-hybridized carbons (Fsp3) is 0.229. The molecular weight excluding hydrogens is 468 g/mol. The average Bonchev–Trinajstić information content (AvgIpc) is 3.18. The van der Waals surface area contributed by atoms with Crippen LogP contribution >= 0.6 is 0 Å². The van der Waals surface area contributed by atoms with E-state index < -0.39 is 0 Å². The fourth-order valence-corrected chi connectivity index (χ4v) is 6.00. The molecule has 2 aliphatic heterocycles. The van der Waals surface area contributed by atoms with Gasteiger partial charge in [0.1, 0.15) is 23.0 Å². The van der Waals surface area contributed by atoms with Gasteiger partial charge >= 0.3 is 0 Å². The molecular formula is C35H32O3. The number of hydrogen-bond acceptors (Lipinski definition) is 3. The van der Waals surface area contributed by atoms with Gasteiger partial charge in [0.2, 0.25) is 0 Å². The van der Waals surface area contributed by atoms with Crippen molar-refractivity contribution in [1.82, 2.24) is 0 Å². The van der Waals surface area contributed by atoms with Crippen LogP contribution in [0.4, 0.5) is 0 Å². The van der Waals surface area contributed by atoms with Crippen LogP contribution in [0, 0.1) is 0 Å². The van der Waals surface area contributed by atoms with Crippen LogP contribution < -0.4 is 9.47 Å². The first-order valence-corrected chi connectivity index (χ1v) is 13.6. The predicted molar refractivity (Wildman–Crippen MR) is 153 cm³/mol. The topological polar surface area (TPSA) is 35.5 Å². The van der Waals surface area contributed by atoms with Crippen molar-refractivity contribution in [2.24, 2.45) is 0 Å². The van der Waals surface area contributed by atoms with Crippen molar-refractivity contribution >= 4 is 16.9 Å². The molecule has 0 fully saturated rings. The minimum absolute atomic E-state index is 0.00783. The van der Waals surface area contributed by atoms with Crippen LogP contribution in [0.25, 0.3) is 11.1 Å². The van der Waals surface area contributed by atoms with Crippen LogP contribution in [0.5, 0.6) is 11.5 Å². The smallest absolute Gasteiger partial charge is 0.190 e. The largest absolute Gasteiger partial charge is 0.457 e. The van der Waals surface area contributed by atoms with Crippen LogP contribution in [0.2, 0.25) is 0 Å².